The molecule has 0 spiro atoms. The van der Waals surface area contributed by atoms with Crippen LogP contribution in [0.1, 0.15) is 59.3 Å². The van der Waals surface area contributed by atoms with Crippen LogP contribution in [0.3, 0.4) is 0 Å². The van der Waals surface area contributed by atoms with Crippen LogP contribution in [-0.4, -0.2) is 81.9 Å². The fraction of sp³-hybridized carbons (Fsp3) is 0.870. The van der Waals surface area contributed by atoms with Gasteiger partial charge in [-0.1, -0.05) is 46.1 Å². The first-order valence-corrected chi connectivity index (χ1v) is 11.6. The molecular formula is C23H42O8. The summed E-state index contributed by atoms with van der Waals surface area (Å²) in [5.41, 5.74) is 0. The lowest BCUT2D eigenvalue weighted by Crippen LogP contribution is -2.61. The molecule has 8 heteroatoms. The van der Waals surface area contributed by atoms with Gasteiger partial charge in [-0.15, -0.1) is 0 Å². The van der Waals surface area contributed by atoms with Gasteiger partial charge >= 0.3 is 5.97 Å². The number of rotatable bonds is 17. The number of unbranched alkanes of at least 4 members (excludes halogenated alkanes) is 3. The molecule has 1 N–H and O–H groups in total. The predicted octanol–water partition coefficient (Wildman–Crippen LogP) is 3.01. The number of carbonyl (C=O) groups excluding carboxylic acids is 1. The quantitative estimate of drug-likeness (QED) is 0.207. The number of aliphatic hydroxyl groups excluding tert-OH is 1. The summed E-state index contributed by atoms with van der Waals surface area (Å²) in [7, 11) is 1.31. The summed E-state index contributed by atoms with van der Waals surface area (Å²) in [4.78, 5) is 11.2. The number of ether oxygens (including phenoxy) is 6. The van der Waals surface area contributed by atoms with Crippen molar-refractivity contribution < 1.29 is 38.3 Å². The summed E-state index contributed by atoms with van der Waals surface area (Å²) >= 11 is 0. The summed E-state index contributed by atoms with van der Waals surface area (Å²) in [6, 6.07) is 0. The molecule has 8 nitrogen and oxygen atoms in total. The highest BCUT2D eigenvalue weighted by atomic mass is 16.7. The highest BCUT2D eigenvalue weighted by Crippen LogP contribution is 2.28. The van der Waals surface area contributed by atoms with Crippen molar-refractivity contribution in [3.05, 3.63) is 12.2 Å². The third-order valence-electron chi connectivity index (χ3n) is 4.97. The molecule has 0 saturated carbocycles. The lowest BCUT2D eigenvalue weighted by Gasteiger charge is -2.44. The third-order valence-corrected chi connectivity index (χ3v) is 4.97. The minimum absolute atomic E-state index is 0.0866. The van der Waals surface area contributed by atoms with E-state index in [1.807, 2.05) is 0 Å². The Hall–Kier alpha value is -1.03. The molecule has 0 radical (unpaired) electrons. The molecule has 5 atom stereocenters. The van der Waals surface area contributed by atoms with E-state index < -0.39 is 36.7 Å². The van der Waals surface area contributed by atoms with Crippen LogP contribution in [0.25, 0.3) is 0 Å². The van der Waals surface area contributed by atoms with E-state index in [1.54, 1.807) is 0 Å². The van der Waals surface area contributed by atoms with E-state index in [1.165, 1.54) is 19.3 Å². The van der Waals surface area contributed by atoms with Crippen LogP contribution in [-0.2, 0) is 33.2 Å². The van der Waals surface area contributed by atoms with Crippen molar-refractivity contribution in [2.45, 2.75) is 90.0 Å². The van der Waals surface area contributed by atoms with Crippen molar-refractivity contribution in [3.63, 3.8) is 0 Å². The first-order valence-electron chi connectivity index (χ1n) is 11.6. The van der Waals surface area contributed by atoms with Crippen molar-refractivity contribution in [3.8, 4) is 0 Å². The van der Waals surface area contributed by atoms with Crippen LogP contribution in [0.2, 0.25) is 0 Å². The molecular weight excluding hydrogens is 404 g/mol. The molecule has 1 aliphatic heterocycles. The van der Waals surface area contributed by atoms with E-state index in [0.29, 0.717) is 26.4 Å². The van der Waals surface area contributed by atoms with Gasteiger partial charge in [0.15, 0.2) is 6.29 Å². The van der Waals surface area contributed by atoms with E-state index in [4.69, 9.17) is 23.7 Å². The Labute approximate surface area is 187 Å². The summed E-state index contributed by atoms with van der Waals surface area (Å²) in [5, 5.41) is 10.9. The molecule has 1 fully saturated rings. The van der Waals surface area contributed by atoms with Crippen molar-refractivity contribution in [2.75, 3.05) is 40.1 Å². The SMILES string of the molecule is CCCCOCC1O[C@@H](OC/C=C/C(=O)OC)C(O)C(OCCCC)[C@@H]1OCCCC. The fourth-order valence-electron chi connectivity index (χ4n) is 3.09. The molecule has 182 valence electrons. The molecule has 3 unspecified atom stereocenters. The Balaban J connectivity index is 2.86. The summed E-state index contributed by atoms with van der Waals surface area (Å²) in [6.07, 6.45) is 5.17. The number of methoxy groups -OCH3 is 1. The van der Waals surface area contributed by atoms with Gasteiger partial charge in [0.25, 0.3) is 0 Å². The maximum absolute atomic E-state index is 11.2. The maximum Gasteiger partial charge on any atom is 0.330 e. The molecule has 1 heterocycles. The standard InChI is InChI=1S/C23H42O8/c1-5-8-13-27-17-18-21(28-14-9-6-2)22(29-15-10-7-3)20(25)23(31-18)30-16-11-12-19(24)26-4/h11-12,18,20-23,25H,5-10,13-17H2,1-4H3/b12-11+/t18?,20?,21-,22?,23-/m1/s1. The Morgan fingerprint density at radius 3 is 2.16 bits per heavy atom. The lowest BCUT2D eigenvalue weighted by molar-refractivity contribution is -0.313. The fourth-order valence-corrected chi connectivity index (χ4v) is 3.09. The minimum atomic E-state index is -1.03. The van der Waals surface area contributed by atoms with Crippen molar-refractivity contribution in [1.82, 2.24) is 0 Å². The summed E-state index contributed by atoms with van der Waals surface area (Å²) in [6.45, 7) is 8.42. The lowest BCUT2D eigenvalue weighted by atomic mass is 9.98. The second-order valence-corrected chi connectivity index (χ2v) is 7.60. The van der Waals surface area contributed by atoms with Crippen LogP contribution in [0.5, 0.6) is 0 Å². The molecule has 1 rings (SSSR count). The number of aliphatic hydroxyl groups is 1. The molecule has 1 aliphatic rings. The normalized spacial score (nSPS) is 26.4. The molecule has 0 bridgehead atoms. The number of hydrogen-bond donors (Lipinski definition) is 1. The molecule has 1 saturated heterocycles. The average Bonchev–Trinajstić information content (AvgIpc) is 2.77. The van der Waals surface area contributed by atoms with Gasteiger partial charge in [0.1, 0.15) is 24.4 Å². The Morgan fingerprint density at radius 1 is 0.935 bits per heavy atom. The van der Waals surface area contributed by atoms with Gasteiger partial charge in [-0.05, 0) is 19.3 Å². The monoisotopic (exact) mass is 446 g/mol. The molecule has 0 amide bonds. The zero-order valence-corrected chi connectivity index (χ0v) is 19.6. The maximum atomic E-state index is 11.2. The van der Waals surface area contributed by atoms with Crippen molar-refractivity contribution >= 4 is 5.97 Å². The van der Waals surface area contributed by atoms with E-state index in [-0.39, 0.29) is 6.61 Å². The van der Waals surface area contributed by atoms with E-state index in [0.717, 1.165) is 38.5 Å². The Morgan fingerprint density at radius 2 is 1.55 bits per heavy atom. The van der Waals surface area contributed by atoms with Crippen molar-refractivity contribution in [2.24, 2.45) is 0 Å². The topological polar surface area (TPSA) is 92.7 Å². The van der Waals surface area contributed by atoms with Gasteiger partial charge in [-0.3, -0.25) is 0 Å². The first kappa shape index (κ1) is 28.0. The molecule has 0 aromatic carbocycles. The van der Waals surface area contributed by atoms with Gasteiger partial charge in [0.2, 0.25) is 0 Å². The predicted molar refractivity (Wildman–Crippen MR) is 117 cm³/mol. The van der Waals surface area contributed by atoms with Crippen molar-refractivity contribution in [1.29, 1.82) is 0 Å². The third kappa shape index (κ3) is 10.9. The van der Waals surface area contributed by atoms with E-state index in [9.17, 15) is 9.90 Å². The van der Waals surface area contributed by atoms with Gasteiger partial charge in [0, 0.05) is 25.9 Å². The highest BCUT2D eigenvalue weighted by Gasteiger charge is 2.47. The van der Waals surface area contributed by atoms with Crippen LogP contribution in [0.4, 0.5) is 0 Å². The molecule has 0 aromatic heterocycles. The second kappa shape index (κ2) is 17.5. The number of hydrogen-bond acceptors (Lipinski definition) is 8. The van der Waals surface area contributed by atoms with Crippen LogP contribution >= 0.6 is 0 Å². The van der Waals surface area contributed by atoms with Gasteiger partial charge in [-0.2, -0.15) is 0 Å². The van der Waals surface area contributed by atoms with Gasteiger partial charge < -0.3 is 33.5 Å². The first-order chi connectivity index (χ1) is 15.1. The summed E-state index contributed by atoms with van der Waals surface area (Å²) < 4.78 is 34.3. The van der Waals surface area contributed by atoms with Crippen LogP contribution in [0.15, 0.2) is 12.2 Å². The molecule has 31 heavy (non-hydrogen) atoms. The largest absolute Gasteiger partial charge is 0.466 e. The Kier molecular flexibility index (Phi) is 15.8. The van der Waals surface area contributed by atoms with E-state index in [2.05, 4.69) is 25.5 Å². The summed E-state index contributed by atoms with van der Waals surface area (Å²) in [5.74, 6) is -0.471. The Bertz CT molecular complexity index is 484. The average molecular weight is 447 g/mol. The zero-order chi connectivity index (χ0) is 22.9. The smallest absolute Gasteiger partial charge is 0.330 e. The van der Waals surface area contributed by atoms with Crippen LogP contribution < -0.4 is 0 Å². The molecule has 0 aliphatic carbocycles. The molecule has 0 aromatic rings. The van der Waals surface area contributed by atoms with Crippen LogP contribution in [0, 0.1) is 0 Å². The van der Waals surface area contributed by atoms with E-state index >= 15 is 0 Å². The van der Waals surface area contributed by atoms with Gasteiger partial charge in [0.05, 0.1) is 20.3 Å². The minimum Gasteiger partial charge on any atom is -0.466 e. The zero-order valence-electron chi connectivity index (χ0n) is 19.6. The number of carbonyl (C=O) groups is 1. The van der Waals surface area contributed by atoms with Gasteiger partial charge in [-0.25, -0.2) is 4.79 Å². The number of esters is 1. The second-order valence-electron chi connectivity index (χ2n) is 7.60. The highest BCUT2D eigenvalue weighted by molar-refractivity contribution is 5.81.